The predicted octanol–water partition coefficient (Wildman–Crippen LogP) is 3.03. The minimum atomic E-state index is -0.198. The van der Waals surface area contributed by atoms with Gasteiger partial charge in [0, 0.05) is 62.7 Å². The fourth-order valence-corrected chi connectivity index (χ4v) is 4.55. The average Bonchev–Trinajstić information content (AvgIpc) is 2.79. The largest absolute Gasteiger partial charge is 0.370 e. The van der Waals surface area contributed by atoms with Crippen molar-refractivity contribution in [3.05, 3.63) is 54.0 Å². The Morgan fingerprint density at radius 2 is 1.67 bits per heavy atom. The number of thioether (sulfide) groups is 1. The van der Waals surface area contributed by atoms with Crippen LogP contribution in [0.25, 0.3) is 0 Å². The molecule has 0 aliphatic carbocycles. The first-order valence-electron chi connectivity index (χ1n) is 10.0. The number of anilines is 2. The quantitative estimate of drug-likeness (QED) is 0.364. The van der Waals surface area contributed by atoms with Crippen LogP contribution >= 0.6 is 35.7 Å². The first-order valence-corrected chi connectivity index (χ1v) is 11.2. The van der Waals surface area contributed by atoms with E-state index in [0.29, 0.717) is 12.5 Å². The van der Waals surface area contributed by atoms with E-state index in [0.717, 1.165) is 67.8 Å². The molecule has 0 radical (unpaired) electrons. The summed E-state index contributed by atoms with van der Waals surface area (Å²) >= 11 is 1.96. The zero-order chi connectivity index (χ0) is 20.1. The molecular formula is C21H28FIN6S. The average molecular weight is 542 g/mol. The van der Waals surface area contributed by atoms with Gasteiger partial charge in [0.05, 0.1) is 6.54 Å². The number of benzene rings is 1. The third kappa shape index (κ3) is 5.90. The predicted molar refractivity (Wildman–Crippen MR) is 135 cm³/mol. The second-order valence-corrected chi connectivity index (χ2v) is 8.47. The van der Waals surface area contributed by atoms with Crippen molar-refractivity contribution in [2.24, 2.45) is 10.7 Å². The van der Waals surface area contributed by atoms with Crippen LogP contribution in [0, 0.1) is 5.82 Å². The lowest BCUT2D eigenvalue weighted by Crippen LogP contribution is -2.46. The van der Waals surface area contributed by atoms with Crippen LogP contribution in [0.4, 0.5) is 15.9 Å². The SMILES string of the molecule is I.NC(=NCc1ccnc(N2CCN(c3ccc(F)cc3)CC2)c1)N1CCSCC1. The molecular weight excluding hydrogens is 514 g/mol. The second kappa shape index (κ2) is 11.0. The molecule has 0 bridgehead atoms. The van der Waals surface area contributed by atoms with Crippen molar-refractivity contribution in [1.82, 2.24) is 9.88 Å². The van der Waals surface area contributed by atoms with Crippen LogP contribution in [0.5, 0.6) is 0 Å². The molecule has 2 N–H and O–H groups in total. The Morgan fingerprint density at radius 1 is 1.00 bits per heavy atom. The fraction of sp³-hybridized carbons (Fsp3) is 0.429. The summed E-state index contributed by atoms with van der Waals surface area (Å²) < 4.78 is 13.1. The first kappa shape index (κ1) is 22.9. The molecule has 162 valence electrons. The van der Waals surface area contributed by atoms with Gasteiger partial charge in [-0.2, -0.15) is 11.8 Å². The van der Waals surface area contributed by atoms with E-state index in [1.165, 1.54) is 12.1 Å². The van der Waals surface area contributed by atoms with Gasteiger partial charge in [-0.05, 0) is 42.0 Å². The van der Waals surface area contributed by atoms with Gasteiger partial charge in [0.2, 0.25) is 0 Å². The molecule has 0 amide bonds. The summed E-state index contributed by atoms with van der Waals surface area (Å²) in [7, 11) is 0. The van der Waals surface area contributed by atoms with E-state index in [2.05, 4.69) is 30.7 Å². The standard InChI is InChI=1S/C21H27FN6S.HI/c22-18-1-3-19(4-2-18)26-7-9-27(10-8-26)20-15-17(5-6-24-20)16-25-21(23)28-11-13-29-14-12-28;/h1-6,15H,7-14,16H2,(H2,23,25);1H. The number of piperazine rings is 1. The second-order valence-electron chi connectivity index (χ2n) is 7.25. The van der Waals surface area contributed by atoms with E-state index >= 15 is 0 Å². The van der Waals surface area contributed by atoms with Gasteiger partial charge in [-0.3, -0.25) is 0 Å². The van der Waals surface area contributed by atoms with Crippen LogP contribution in [-0.2, 0) is 6.54 Å². The summed E-state index contributed by atoms with van der Waals surface area (Å²) in [6, 6.07) is 10.8. The lowest BCUT2D eigenvalue weighted by molar-refractivity contribution is 0.455. The van der Waals surface area contributed by atoms with Crippen LogP contribution in [0.2, 0.25) is 0 Å². The smallest absolute Gasteiger partial charge is 0.191 e. The Morgan fingerprint density at radius 3 is 2.37 bits per heavy atom. The number of nitrogens with zero attached hydrogens (tertiary/aromatic N) is 5. The van der Waals surface area contributed by atoms with Crippen molar-refractivity contribution < 1.29 is 4.39 Å². The van der Waals surface area contributed by atoms with Gasteiger partial charge in [-0.25, -0.2) is 14.4 Å². The van der Waals surface area contributed by atoms with Gasteiger partial charge in [0.25, 0.3) is 0 Å². The third-order valence-electron chi connectivity index (χ3n) is 5.36. The highest BCUT2D eigenvalue weighted by Gasteiger charge is 2.19. The maximum atomic E-state index is 13.1. The minimum Gasteiger partial charge on any atom is -0.370 e. The highest BCUT2D eigenvalue weighted by Crippen LogP contribution is 2.20. The third-order valence-corrected chi connectivity index (χ3v) is 6.31. The van der Waals surface area contributed by atoms with Gasteiger partial charge in [-0.15, -0.1) is 24.0 Å². The number of rotatable bonds is 4. The summed E-state index contributed by atoms with van der Waals surface area (Å²) in [4.78, 5) is 15.9. The Bertz CT molecular complexity index is 836. The number of hydrogen-bond donors (Lipinski definition) is 1. The molecule has 30 heavy (non-hydrogen) atoms. The highest BCUT2D eigenvalue weighted by atomic mass is 127. The van der Waals surface area contributed by atoms with Gasteiger partial charge in [-0.1, -0.05) is 0 Å². The zero-order valence-corrected chi connectivity index (χ0v) is 20.1. The Balaban J connectivity index is 0.00000256. The van der Waals surface area contributed by atoms with Crippen LogP contribution < -0.4 is 15.5 Å². The highest BCUT2D eigenvalue weighted by molar-refractivity contribution is 14.0. The van der Waals surface area contributed by atoms with Gasteiger partial charge >= 0.3 is 0 Å². The zero-order valence-electron chi connectivity index (χ0n) is 16.9. The van der Waals surface area contributed by atoms with Crippen LogP contribution in [0.3, 0.4) is 0 Å². The molecule has 0 unspecified atom stereocenters. The molecule has 0 saturated carbocycles. The van der Waals surface area contributed by atoms with Gasteiger partial charge in [0.15, 0.2) is 5.96 Å². The van der Waals surface area contributed by atoms with E-state index < -0.39 is 0 Å². The van der Waals surface area contributed by atoms with Crippen LogP contribution in [-0.4, -0.2) is 66.6 Å². The van der Waals surface area contributed by atoms with E-state index in [1.54, 1.807) is 0 Å². The van der Waals surface area contributed by atoms with E-state index in [4.69, 9.17) is 5.73 Å². The van der Waals surface area contributed by atoms with Crippen molar-refractivity contribution in [2.45, 2.75) is 6.54 Å². The van der Waals surface area contributed by atoms with Crippen molar-refractivity contribution in [3.63, 3.8) is 0 Å². The summed E-state index contributed by atoms with van der Waals surface area (Å²) in [6.45, 7) is 6.04. The molecule has 9 heteroatoms. The lowest BCUT2D eigenvalue weighted by Gasteiger charge is -2.36. The Kier molecular flexibility index (Phi) is 8.43. The molecule has 2 fully saturated rings. The molecule has 0 spiro atoms. The van der Waals surface area contributed by atoms with Crippen molar-refractivity contribution >= 4 is 53.2 Å². The monoisotopic (exact) mass is 542 g/mol. The number of hydrogen-bond acceptors (Lipinski definition) is 5. The molecule has 2 aliphatic heterocycles. The van der Waals surface area contributed by atoms with Crippen LogP contribution in [0.1, 0.15) is 5.56 Å². The molecule has 1 aromatic heterocycles. The molecule has 2 aromatic rings. The Labute approximate surface area is 198 Å². The van der Waals surface area contributed by atoms with Gasteiger partial charge < -0.3 is 20.4 Å². The van der Waals surface area contributed by atoms with E-state index in [9.17, 15) is 4.39 Å². The van der Waals surface area contributed by atoms with E-state index in [1.807, 2.05) is 36.2 Å². The number of pyridine rings is 1. The summed E-state index contributed by atoms with van der Waals surface area (Å²) in [6.07, 6.45) is 1.85. The number of halogens is 2. The molecule has 6 nitrogen and oxygen atoms in total. The van der Waals surface area contributed by atoms with E-state index in [-0.39, 0.29) is 29.8 Å². The normalized spacial score (nSPS) is 17.6. The molecule has 2 aliphatic rings. The first-order chi connectivity index (χ1) is 14.2. The Hall–Kier alpha value is -1.75. The van der Waals surface area contributed by atoms with Crippen molar-refractivity contribution in [1.29, 1.82) is 0 Å². The summed E-state index contributed by atoms with van der Waals surface area (Å²) in [5.74, 6) is 3.64. The summed E-state index contributed by atoms with van der Waals surface area (Å²) in [5.41, 5.74) is 8.35. The minimum absolute atomic E-state index is 0. The molecule has 2 saturated heterocycles. The fourth-order valence-electron chi connectivity index (χ4n) is 3.64. The lowest BCUT2D eigenvalue weighted by atomic mass is 10.2. The van der Waals surface area contributed by atoms with Gasteiger partial charge in [0.1, 0.15) is 11.6 Å². The maximum absolute atomic E-state index is 13.1. The number of guanidine groups is 1. The maximum Gasteiger partial charge on any atom is 0.191 e. The summed E-state index contributed by atoms with van der Waals surface area (Å²) in [5, 5.41) is 0. The van der Waals surface area contributed by atoms with Crippen molar-refractivity contribution in [2.75, 3.05) is 60.6 Å². The molecule has 3 heterocycles. The molecule has 4 rings (SSSR count). The molecule has 0 atom stereocenters. The van der Waals surface area contributed by atoms with Crippen molar-refractivity contribution in [3.8, 4) is 0 Å². The number of nitrogens with two attached hydrogens (primary N) is 1. The van der Waals surface area contributed by atoms with Crippen LogP contribution in [0.15, 0.2) is 47.6 Å². The topological polar surface area (TPSA) is 61.0 Å². The number of aromatic nitrogens is 1. The number of aliphatic imine (C=N–C) groups is 1. The molecule has 1 aromatic carbocycles.